The number of aryl methyl sites for hydroxylation is 1. The monoisotopic (exact) mass is 282 g/mol. The Balaban J connectivity index is 1.94. The summed E-state index contributed by atoms with van der Waals surface area (Å²) in [7, 11) is 0. The van der Waals surface area contributed by atoms with Gasteiger partial charge in [-0.2, -0.15) is 0 Å². The van der Waals surface area contributed by atoms with Crippen LogP contribution in [0.3, 0.4) is 0 Å². The maximum absolute atomic E-state index is 9.46. The number of rotatable bonds is 4. The Morgan fingerprint density at radius 3 is 2.76 bits per heavy atom. The van der Waals surface area contributed by atoms with Gasteiger partial charge in [0, 0.05) is 35.4 Å². The molecule has 0 fully saturated rings. The number of aromatic hydroxyl groups is 1. The predicted molar refractivity (Wildman–Crippen MR) is 84.5 cm³/mol. The Labute approximate surface area is 123 Å². The van der Waals surface area contributed by atoms with Gasteiger partial charge in [-0.25, -0.2) is 0 Å². The van der Waals surface area contributed by atoms with E-state index in [0.717, 1.165) is 28.7 Å². The van der Waals surface area contributed by atoms with E-state index in [0.29, 0.717) is 12.4 Å². The van der Waals surface area contributed by atoms with Crippen LogP contribution in [-0.2, 0) is 13.2 Å². The zero-order valence-corrected chi connectivity index (χ0v) is 11.9. The molecule has 0 aliphatic carbocycles. The van der Waals surface area contributed by atoms with Crippen LogP contribution in [0.4, 0.5) is 5.69 Å². The van der Waals surface area contributed by atoms with Gasteiger partial charge >= 0.3 is 0 Å². The molecule has 1 heterocycles. The molecule has 0 saturated carbocycles. The second-order valence-corrected chi connectivity index (χ2v) is 4.97. The number of nitrogens with two attached hydrogens (primary N) is 1. The lowest BCUT2D eigenvalue weighted by Gasteiger charge is -2.06. The Hall–Kier alpha value is -2.62. The van der Waals surface area contributed by atoms with Crippen molar-refractivity contribution in [2.45, 2.75) is 20.1 Å². The smallest absolute Gasteiger partial charge is 0.123 e. The zero-order valence-electron chi connectivity index (χ0n) is 11.9. The van der Waals surface area contributed by atoms with Crippen molar-refractivity contribution in [3.63, 3.8) is 0 Å². The molecule has 0 saturated heterocycles. The molecule has 0 bridgehead atoms. The molecule has 2 aromatic carbocycles. The molecule has 3 aromatic rings. The Kier molecular flexibility index (Phi) is 3.44. The molecule has 0 spiro atoms. The summed E-state index contributed by atoms with van der Waals surface area (Å²) in [4.78, 5) is 0. The summed E-state index contributed by atoms with van der Waals surface area (Å²) in [6, 6.07) is 12.7. The lowest BCUT2D eigenvalue weighted by molar-refractivity contribution is 0.305. The molecule has 0 radical (unpaired) electrons. The van der Waals surface area contributed by atoms with Crippen LogP contribution in [0.25, 0.3) is 10.9 Å². The van der Waals surface area contributed by atoms with Gasteiger partial charge < -0.3 is 20.1 Å². The van der Waals surface area contributed by atoms with Crippen LogP contribution < -0.4 is 10.5 Å². The molecule has 1 aromatic heterocycles. The standard InChI is InChI=1S/C17H18N2O2/c1-2-19-10-12(17-15(18)7-4-8-16(17)19)11-21-14-6-3-5-13(20)9-14/h3-10,20H,2,11,18H2,1H3. The van der Waals surface area contributed by atoms with Crippen molar-refractivity contribution in [3.05, 3.63) is 54.2 Å². The largest absolute Gasteiger partial charge is 0.508 e. The van der Waals surface area contributed by atoms with E-state index in [1.54, 1.807) is 18.2 Å². The van der Waals surface area contributed by atoms with Crippen molar-refractivity contribution in [1.29, 1.82) is 0 Å². The highest BCUT2D eigenvalue weighted by Gasteiger charge is 2.11. The number of fused-ring (bicyclic) bond motifs is 1. The van der Waals surface area contributed by atoms with Gasteiger partial charge in [0.25, 0.3) is 0 Å². The third-order valence-electron chi connectivity index (χ3n) is 3.57. The first kappa shape index (κ1) is 13.4. The van der Waals surface area contributed by atoms with Crippen molar-refractivity contribution >= 4 is 16.6 Å². The van der Waals surface area contributed by atoms with Gasteiger partial charge in [0.15, 0.2) is 0 Å². The predicted octanol–water partition coefficient (Wildman–Crippen LogP) is 3.53. The lowest BCUT2D eigenvalue weighted by Crippen LogP contribution is -1.96. The summed E-state index contributed by atoms with van der Waals surface area (Å²) >= 11 is 0. The number of hydrogen-bond acceptors (Lipinski definition) is 3. The molecule has 4 nitrogen and oxygen atoms in total. The van der Waals surface area contributed by atoms with E-state index in [-0.39, 0.29) is 5.75 Å². The lowest BCUT2D eigenvalue weighted by atomic mass is 10.1. The summed E-state index contributed by atoms with van der Waals surface area (Å²) < 4.78 is 7.92. The van der Waals surface area contributed by atoms with E-state index in [4.69, 9.17) is 10.5 Å². The minimum absolute atomic E-state index is 0.197. The van der Waals surface area contributed by atoms with E-state index in [1.807, 2.05) is 18.2 Å². The van der Waals surface area contributed by atoms with Crippen LogP contribution in [0.15, 0.2) is 48.7 Å². The van der Waals surface area contributed by atoms with Gasteiger partial charge in [-0.05, 0) is 31.2 Å². The molecule has 108 valence electrons. The molecular formula is C17H18N2O2. The highest BCUT2D eigenvalue weighted by Crippen LogP contribution is 2.28. The first-order valence-corrected chi connectivity index (χ1v) is 6.97. The maximum atomic E-state index is 9.46. The number of nitrogen functional groups attached to an aromatic ring is 1. The average Bonchev–Trinajstić information content (AvgIpc) is 2.85. The number of benzene rings is 2. The first-order valence-electron chi connectivity index (χ1n) is 6.97. The third-order valence-corrected chi connectivity index (χ3v) is 3.57. The molecule has 3 N–H and O–H groups in total. The molecular weight excluding hydrogens is 264 g/mol. The average molecular weight is 282 g/mol. The summed E-state index contributed by atoms with van der Waals surface area (Å²) in [5.41, 5.74) is 9.03. The second-order valence-electron chi connectivity index (χ2n) is 4.97. The van der Waals surface area contributed by atoms with E-state index < -0.39 is 0 Å². The van der Waals surface area contributed by atoms with Crippen molar-refractivity contribution in [3.8, 4) is 11.5 Å². The number of phenolic OH excluding ortho intramolecular Hbond substituents is 1. The minimum atomic E-state index is 0.197. The highest BCUT2D eigenvalue weighted by atomic mass is 16.5. The Bertz CT molecular complexity index is 778. The number of hydrogen-bond donors (Lipinski definition) is 2. The summed E-state index contributed by atoms with van der Waals surface area (Å²) in [6.45, 7) is 3.40. The van der Waals surface area contributed by atoms with Gasteiger partial charge in [-0.15, -0.1) is 0 Å². The third kappa shape index (κ3) is 2.52. The molecule has 4 heteroatoms. The van der Waals surface area contributed by atoms with Gasteiger partial charge in [-0.3, -0.25) is 0 Å². The van der Waals surface area contributed by atoms with Crippen LogP contribution in [0.2, 0.25) is 0 Å². The van der Waals surface area contributed by atoms with Gasteiger partial charge in [0.1, 0.15) is 18.1 Å². The van der Waals surface area contributed by atoms with E-state index in [1.165, 1.54) is 0 Å². The van der Waals surface area contributed by atoms with E-state index in [2.05, 4.69) is 23.8 Å². The number of aromatic nitrogens is 1. The molecule has 3 rings (SSSR count). The van der Waals surface area contributed by atoms with E-state index >= 15 is 0 Å². The highest BCUT2D eigenvalue weighted by molar-refractivity contribution is 5.94. The molecule has 0 amide bonds. The number of anilines is 1. The quantitative estimate of drug-likeness (QED) is 0.720. The normalized spacial score (nSPS) is 10.9. The van der Waals surface area contributed by atoms with E-state index in [9.17, 15) is 5.11 Å². The summed E-state index contributed by atoms with van der Waals surface area (Å²) in [5, 5.41) is 10.5. The van der Waals surface area contributed by atoms with Crippen LogP contribution in [0.1, 0.15) is 12.5 Å². The topological polar surface area (TPSA) is 60.4 Å². The van der Waals surface area contributed by atoms with Crippen LogP contribution in [0, 0.1) is 0 Å². The van der Waals surface area contributed by atoms with Crippen molar-refractivity contribution in [1.82, 2.24) is 4.57 Å². The summed E-state index contributed by atoms with van der Waals surface area (Å²) in [5.74, 6) is 0.838. The zero-order chi connectivity index (χ0) is 14.8. The molecule has 0 atom stereocenters. The molecule has 21 heavy (non-hydrogen) atoms. The Morgan fingerprint density at radius 2 is 2.00 bits per heavy atom. The van der Waals surface area contributed by atoms with Crippen LogP contribution >= 0.6 is 0 Å². The van der Waals surface area contributed by atoms with Crippen molar-refractivity contribution < 1.29 is 9.84 Å². The molecule has 0 aliphatic heterocycles. The molecule has 0 aliphatic rings. The fraction of sp³-hybridized carbons (Fsp3) is 0.176. The van der Waals surface area contributed by atoms with Gasteiger partial charge in [0.2, 0.25) is 0 Å². The maximum Gasteiger partial charge on any atom is 0.123 e. The van der Waals surface area contributed by atoms with Crippen LogP contribution in [-0.4, -0.2) is 9.67 Å². The van der Waals surface area contributed by atoms with Crippen molar-refractivity contribution in [2.75, 3.05) is 5.73 Å². The number of phenols is 1. The van der Waals surface area contributed by atoms with Gasteiger partial charge in [0.05, 0.1) is 5.52 Å². The summed E-state index contributed by atoms with van der Waals surface area (Å²) in [6.07, 6.45) is 2.07. The number of ether oxygens (including phenoxy) is 1. The fourth-order valence-electron chi connectivity index (χ4n) is 2.57. The number of nitrogens with zero attached hydrogens (tertiary/aromatic N) is 1. The SMILES string of the molecule is CCn1cc(COc2cccc(O)c2)c2c(N)cccc21. The first-order chi connectivity index (χ1) is 10.2. The van der Waals surface area contributed by atoms with Crippen LogP contribution in [0.5, 0.6) is 11.5 Å². The second kappa shape index (κ2) is 5.40. The van der Waals surface area contributed by atoms with Crippen molar-refractivity contribution in [2.24, 2.45) is 0 Å². The Morgan fingerprint density at radius 1 is 1.19 bits per heavy atom. The van der Waals surface area contributed by atoms with Gasteiger partial charge in [-0.1, -0.05) is 12.1 Å². The molecule has 0 unspecified atom stereocenters. The minimum Gasteiger partial charge on any atom is -0.508 e. The fourth-order valence-corrected chi connectivity index (χ4v) is 2.57.